The van der Waals surface area contributed by atoms with Crippen LogP contribution in [-0.4, -0.2) is 66.7 Å². The topological polar surface area (TPSA) is 82.1 Å². The van der Waals surface area contributed by atoms with Crippen molar-refractivity contribution in [1.82, 2.24) is 4.90 Å². The van der Waals surface area contributed by atoms with Crippen molar-refractivity contribution in [2.75, 3.05) is 26.9 Å². The molecule has 0 aromatic carbocycles. The number of esters is 2. The molecule has 3 heterocycles. The number of carbonyl (C=O) groups is 3. The van der Waals surface area contributed by atoms with E-state index in [1.807, 2.05) is 0 Å². The Morgan fingerprint density at radius 2 is 1.88 bits per heavy atom. The molecule has 7 heteroatoms. The molecule has 0 aromatic rings. The molecule has 26 heavy (non-hydrogen) atoms. The fourth-order valence-electron chi connectivity index (χ4n) is 3.87. The number of ketones is 1. The average Bonchev–Trinajstić information content (AvgIpc) is 2.54. The van der Waals surface area contributed by atoms with Gasteiger partial charge in [0.2, 0.25) is 0 Å². The van der Waals surface area contributed by atoms with Crippen molar-refractivity contribution in [2.45, 2.75) is 57.7 Å². The summed E-state index contributed by atoms with van der Waals surface area (Å²) < 4.78 is 15.7. The van der Waals surface area contributed by atoms with Gasteiger partial charge < -0.3 is 14.2 Å². The molecule has 0 amide bonds. The van der Waals surface area contributed by atoms with Gasteiger partial charge in [0, 0.05) is 37.8 Å². The van der Waals surface area contributed by atoms with Crippen LogP contribution in [0.3, 0.4) is 0 Å². The Balaban J connectivity index is 2.02. The molecular weight excluding hydrogens is 338 g/mol. The van der Waals surface area contributed by atoms with Crippen LogP contribution in [0.15, 0.2) is 12.2 Å². The molecule has 146 valence electrons. The summed E-state index contributed by atoms with van der Waals surface area (Å²) in [4.78, 5) is 38.6. The Kier molecular flexibility index (Phi) is 6.24. The second kappa shape index (κ2) is 7.88. The maximum absolute atomic E-state index is 12.9. The third-order valence-electron chi connectivity index (χ3n) is 4.85. The van der Waals surface area contributed by atoms with Gasteiger partial charge in [-0.1, -0.05) is 0 Å². The van der Waals surface area contributed by atoms with Crippen LogP contribution >= 0.6 is 0 Å². The van der Waals surface area contributed by atoms with Crippen LogP contribution in [0.1, 0.15) is 40.5 Å². The molecule has 7 nitrogen and oxygen atoms in total. The van der Waals surface area contributed by atoms with E-state index < -0.39 is 23.1 Å². The molecule has 3 saturated heterocycles. The third kappa shape index (κ3) is 4.51. The van der Waals surface area contributed by atoms with E-state index >= 15 is 0 Å². The van der Waals surface area contributed by atoms with Gasteiger partial charge in [-0.25, -0.2) is 9.59 Å². The second-order valence-electron chi connectivity index (χ2n) is 8.07. The standard InChI is InChI=1S/C19H29NO6/c1-13-10-14-8-9-20(13)19(11-24-5,17(14)23)12-25-15(21)6-7-16(22)26-18(2,3)4/h6-7,13-14H,8-12H2,1-5H3/b7-6+/t13-,14+,19+/m1/s1. The van der Waals surface area contributed by atoms with Gasteiger partial charge in [-0.05, 0) is 40.5 Å². The Bertz CT molecular complexity index is 593. The fraction of sp³-hybridized carbons (Fsp3) is 0.737. The number of carbonyl (C=O) groups excluding carboxylic acids is 3. The quantitative estimate of drug-likeness (QED) is 0.520. The minimum atomic E-state index is -0.940. The average molecular weight is 367 g/mol. The zero-order valence-electron chi connectivity index (χ0n) is 16.2. The van der Waals surface area contributed by atoms with Gasteiger partial charge in [-0.2, -0.15) is 0 Å². The number of piperidine rings is 3. The lowest BCUT2D eigenvalue weighted by molar-refractivity contribution is -0.171. The highest BCUT2D eigenvalue weighted by atomic mass is 16.6. The summed E-state index contributed by atoms with van der Waals surface area (Å²) in [5.74, 6) is -1.24. The molecule has 0 spiro atoms. The minimum Gasteiger partial charge on any atom is -0.460 e. The summed E-state index contributed by atoms with van der Waals surface area (Å²) >= 11 is 0. The Hall–Kier alpha value is -1.73. The van der Waals surface area contributed by atoms with Gasteiger partial charge in [-0.15, -0.1) is 0 Å². The first-order valence-corrected chi connectivity index (χ1v) is 8.97. The summed E-state index contributed by atoms with van der Waals surface area (Å²) in [6.07, 6.45) is 3.73. The lowest BCUT2D eigenvalue weighted by atomic mass is 9.71. The van der Waals surface area contributed by atoms with Crippen molar-refractivity contribution in [2.24, 2.45) is 5.92 Å². The smallest absolute Gasteiger partial charge is 0.331 e. The number of hydrogen-bond donors (Lipinski definition) is 0. The van der Waals surface area contributed by atoms with Gasteiger partial charge in [0.1, 0.15) is 17.7 Å². The van der Waals surface area contributed by atoms with Crippen LogP contribution in [0.25, 0.3) is 0 Å². The van der Waals surface area contributed by atoms with Crippen LogP contribution in [0.4, 0.5) is 0 Å². The summed E-state index contributed by atoms with van der Waals surface area (Å²) in [7, 11) is 1.54. The van der Waals surface area contributed by atoms with Gasteiger partial charge in [-0.3, -0.25) is 9.69 Å². The number of rotatable bonds is 6. The van der Waals surface area contributed by atoms with Crippen molar-refractivity contribution < 1.29 is 28.6 Å². The molecule has 4 atom stereocenters. The summed E-state index contributed by atoms with van der Waals surface area (Å²) in [6.45, 7) is 8.17. The highest BCUT2D eigenvalue weighted by Gasteiger charge is 2.56. The minimum absolute atomic E-state index is 0.0128. The summed E-state index contributed by atoms with van der Waals surface area (Å²) in [5.41, 5.74) is -1.57. The first kappa shape index (κ1) is 20.6. The number of ether oxygens (including phenoxy) is 3. The summed E-state index contributed by atoms with van der Waals surface area (Å²) in [5, 5.41) is 0. The predicted molar refractivity (Wildman–Crippen MR) is 94.5 cm³/mol. The first-order valence-electron chi connectivity index (χ1n) is 8.97. The van der Waals surface area contributed by atoms with Gasteiger partial charge in [0.15, 0.2) is 5.78 Å². The molecule has 3 rings (SSSR count). The maximum Gasteiger partial charge on any atom is 0.331 e. The van der Waals surface area contributed by atoms with Gasteiger partial charge in [0.05, 0.1) is 6.61 Å². The molecule has 0 aliphatic carbocycles. The van der Waals surface area contributed by atoms with Crippen molar-refractivity contribution >= 4 is 17.7 Å². The Labute approximate surface area is 154 Å². The van der Waals surface area contributed by atoms with Crippen LogP contribution < -0.4 is 0 Å². The monoisotopic (exact) mass is 367 g/mol. The van der Waals surface area contributed by atoms with E-state index in [1.54, 1.807) is 20.8 Å². The van der Waals surface area contributed by atoms with Crippen molar-refractivity contribution in [3.05, 3.63) is 12.2 Å². The van der Waals surface area contributed by atoms with E-state index in [0.29, 0.717) is 0 Å². The van der Waals surface area contributed by atoms with Crippen molar-refractivity contribution in [1.29, 1.82) is 0 Å². The zero-order valence-corrected chi connectivity index (χ0v) is 16.2. The van der Waals surface area contributed by atoms with E-state index in [0.717, 1.165) is 31.5 Å². The lowest BCUT2D eigenvalue weighted by Crippen LogP contribution is -2.71. The SMILES string of the molecule is COC[C@]1(COC(=O)/C=C/C(=O)OC(C)(C)C)C(=O)[C@H]2CCN1[C@H](C)C2. The highest BCUT2D eigenvalue weighted by molar-refractivity contribution is 5.94. The molecule has 0 aromatic heterocycles. The number of methoxy groups -OCH3 is 1. The first-order chi connectivity index (χ1) is 12.1. The van der Waals surface area contributed by atoms with E-state index in [1.165, 1.54) is 7.11 Å². The van der Waals surface area contributed by atoms with Crippen LogP contribution in [-0.2, 0) is 28.6 Å². The highest BCUT2D eigenvalue weighted by Crippen LogP contribution is 2.40. The van der Waals surface area contributed by atoms with Crippen LogP contribution in [0.5, 0.6) is 0 Å². The molecule has 3 fully saturated rings. The molecule has 0 saturated carbocycles. The van der Waals surface area contributed by atoms with E-state index in [2.05, 4.69) is 11.8 Å². The van der Waals surface area contributed by atoms with E-state index in [4.69, 9.17) is 14.2 Å². The van der Waals surface area contributed by atoms with Crippen molar-refractivity contribution in [3.63, 3.8) is 0 Å². The van der Waals surface area contributed by atoms with Crippen molar-refractivity contribution in [3.8, 4) is 0 Å². The molecule has 1 unspecified atom stereocenters. The van der Waals surface area contributed by atoms with E-state index in [-0.39, 0.29) is 31.0 Å². The number of Topliss-reactive ketones (excluding diaryl/α,β-unsaturated/α-hetero) is 1. The van der Waals surface area contributed by atoms with Gasteiger partial charge >= 0.3 is 11.9 Å². The maximum atomic E-state index is 12.9. The second-order valence-corrected chi connectivity index (χ2v) is 8.07. The molecule has 3 aliphatic rings. The number of fused-ring (bicyclic) bond motifs is 3. The molecule has 0 radical (unpaired) electrons. The molecule has 2 bridgehead atoms. The fourth-order valence-corrected chi connectivity index (χ4v) is 3.87. The Morgan fingerprint density at radius 1 is 1.23 bits per heavy atom. The number of nitrogens with zero attached hydrogens (tertiary/aromatic N) is 1. The Morgan fingerprint density at radius 3 is 2.46 bits per heavy atom. The lowest BCUT2D eigenvalue weighted by Gasteiger charge is -2.55. The van der Waals surface area contributed by atoms with Crippen LogP contribution in [0, 0.1) is 5.92 Å². The van der Waals surface area contributed by atoms with Gasteiger partial charge in [0.25, 0.3) is 0 Å². The normalized spacial score (nSPS) is 31.3. The largest absolute Gasteiger partial charge is 0.460 e. The van der Waals surface area contributed by atoms with E-state index in [9.17, 15) is 14.4 Å². The molecule has 3 aliphatic heterocycles. The third-order valence-corrected chi connectivity index (χ3v) is 4.85. The molecule has 0 N–H and O–H groups in total. The number of hydrogen-bond acceptors (Lipinski definition) is 7. The zero-order chi connectivity index (χ0) is 19.5. The molecular formula is C19H29NO6. The predicted octanol–water partition coefficient (Wildman–Crippen LogP) is 1.50. The van der Waals surface area contributed by atoms with Crippen LogP contribution in [0.2, 0.25) is 0 Å². The summed E-state index contributed by atoms with van der Waals surface area (Å²) in [6, 6.07) is 0.234.